The molecule has 4 heterocycles. The minimum absolute atomic E-state index is 0.216. The third kappa shape index (κ3) is 3.69. The number of hydrogen-bond donors (Lipinski definition) is 1. The Balaban J connectivity index is 1.50. The number of para-hydroxylation sites is 2. The fourth-order valence-electron chi connectivity index (χ4n) is 6.75. The molecule has 39 heavy (non-hydrogen) atoms. The van der Waals surface area contributed by atoms with Gasteiger partial charge in [-0.15, -0.1) is 0 Å². The average molecular weight is 548 g/mol. The topological polar surface area (TPSA) is 90.4 Å². The van der Waals surface area contributed by atoms with Crippen molar-refractivity contribution < 1.29 is 24.2 Å². The Morgan fingerprint density at radius 2 is 1.59 bits per heavy atom. The maximum absolute atomic E-state index is 14.4. The SMILES string of the molecule is C[C@H](CO)N1C(=O)[C@@H]2[C@@H]3C(=O)N(c4ccccc4)CC=C[C@]3(C)O[C@@]23C=CCN(c2ccccc2Cl)C(=O)C13. The molecule has 4 aliphatic rings. The van der Waals surface area contributed by atoms with Gasteiger partial charge in [-0.2, -0.15) is 0 Å². The minimum atomic E-state index is -1.41. The Morgan fingerprint density at radius 3 is 2.31 bits per heavy atom. The number of hydrogen-bond acceptors (Lipinski definition) is 5. The first kappa shape index (κ1) is 25.8. The molecular formula is C30H30ClN3O5. The number of nitrogens with zero attached hydrogens (tertiary/aromatic N) is 3. The van der Waals surface area contributed by atoms with Crippen LogP contribution in [0.25, 0.3) is 0 Å². The molecule has 0 aliphatic carbocycles. The zero-order valence-electron chi connectivity index (χ0n) is 21.7. The van der Waals surface area contributed by atoms with Crippen molar-refractivity contribution in [1.29, 1.82) is 0 Å². The lowest BCUT2D eigenvalue weighted by atomic mass is 9.74. The number of anilines is 2. The summed E-state index contributed by atoms with van der Waals surface area (Å²) in [5.74, 6) is -2.85. The minimum Gasteiger partial charge on any atom is -0.394 e. The van der Waals surface area contributed by atoms with Crippen LogP contribution in [0.2, 0.25) is 5.02 Å². The lowest BCUT2D eigenvalue weighted by Crippen LogP contribution is -2.58. The number of aliphatic hydroxyl groups is 1. The number of ether oxygens (including phenoxy) is 1. The van der Waals surface area contributed by atoms with E-state index in [2.05, 4.69) is 0 Å². The molecule has 9 heteroatoms. The molecule has 6 atom stereocenters. The van der Waals surface area contributed by atoms with Gasteiger partial charge in [-0.05, 0) is 38.1 Å². The van der Waals surface area contributed by atoms with E-state index in [9.17, 15) is 19.5 Å². The third-order valence-corrected chi connectivity index (χ3v) is 8.76. The highest BCUT2D eigenvalue weighted by atomic mass is 35.5. The Labute approximate surface area is 232 Å². The predicted molar refractivity (Wildman–Crippen MR) is 147 cm³/mol. The lowest BCUT2D eigenvalue weighted by molar-refractivity contribution is -0.147. The van der Waals surface area contributed by atoms with Gasteiger partial charge in [0.25, 0.3) is 5.91 Å². The summed E-state index contributed by atoms with van der Waals surface area (Å²) < 4.78 is 6.82. The van der Waals surface area contributed by atoms with Crippen molar-refractivity contribution in [2.24, 2.45) is 11.8 Å². The molecule has 3 amide bonds. The number of carbonyl (C=O) groups is 3. The van der Waals surface area contributed by atoms with E-state index >= 15 is 0 Å². The summed E-state index contributed by atoms with van der Waals surface area (Å²) in [6.45, 7) is 3.71. The fourth-order valence-corrected chi connectivity index (χ4v) is 6.99. The van der Waals surface area contributed by atoms with E-state index in [0.717, 1.165) is 5.69 Å². The van der Waals surface area contributed by atoms with Gasteiger partial charge in [-0.3, -0.25) is 14.4 Å². The number of fused-ring (bicyclic) bond motifs is 2. The van der Waals surface area contributed by atoms with Crippen LogP contribution in [0.1, 0.15) is 13.8 Å². The summed E-state index contributed by atoms with van der Waals surface area (Å²) in [6.07, 6.45) is 7.33. The summed E-state index contributed by atoms with van der Waals surface area (Å²) in [5, 5.41) is 10.5. The van der Waals surface area contributed by atoms with Gasteiger partial charge in [0.15, 0.2) is 0 Å². The Hall–Kier alpha value is -3.46. The molecule has 0 radical (unpaired) electrons. The maximum Gasteiger partial charge on any atom is 0.253 e. The van der Waals surface area contributed by atoms with Crippen LogP contribution in [0.5, 0.6) is 0 Å². The van der Waals surface area contributed by atoms with Crippen LogP contribution in [0.4, 0.5) is 11.4 Å². The van der Waals surface area contributed by atoms with E-state index < -0.39 is 35.1 Å². The second-order valence-electron chi connectivity index (χ2n) is 10.8. The first-order valence-corrected chi connectivity index (χ1v) is 13.5. The van der Waals surface area contributed by atoms with Gasteiger partial charge in [-0.1, -0.05) is 66.2 Å². The number of rotatable bonds is 4. The molecule has 0 saturated carbocycles. The molecule has 1 N–H and O–H groups in total. The molecule has 0 bridgehead atoms. The monoisotopic (exact) mass is 547 g/mol. The van der Waals surface area contributed by atoms with Crippen LogP contribution in [-0.2, 0) is 19.1 Å². The van der Waals surface area contributed by atoms with Gasteiger partial charge in [0, 0.05) is 18.8 Å². The smallest absolute Gasteiger partial charge is 0.253 e. The average Bonchev–Trinajstić information content (AvgIpc) is 3.21. The second-order valence-corrected chi connectivity index (χ2v) is 11.2. The van der Waals surface area contributed by atoms with Crippen LogP contribution >= 0.6 is 11.6 Å². The van der Waals surface area contributed by atoms with Crippen molar-refractivity contribution >= 4 is 40.7 Å². The lowest BCUT2D eigenvalue weighted by Gasteiger charge is -2.39. The van der Waals surface area contributed by atoms with Crippen molar-refractivity contribution in [3.63, 3.8) is 0 Å². The molecule has 202 valence electrons. The number of halogens is 1. The number of carbonyl (C=O) groups excluding carboxylic acids is 3. The van der Waals surface area contributed by atoms with Gasteiger partial charge >= 0.3 is 0 Å². The van der Waals surface area contributed by atoms with Crippen LogP contribution < -0.4 is 9.80 Å². The number of benzene rings is 2. The molecule has 2 fully saturated rings. The number of amides is 3. The van der Waals surface area contributed by atoms with Gasteiger partial charge in [0.2, 0.25) is 11.8 Å². The molecule has 1 spiro atoms. The third-order valence-electron chi connectivity index (χ3n) is 8.45. The van der Waals surface area contributed by atoms with Gasteiger partial charge in [0.1, 0.15) is 11.6 Å². The molecule has 2 aromatic rings. The standard InChI is InChI=1S/C30H30ClN3O5/c1-19(18-35)34-25-28(38)33(22-13-7-6-12-21(22)31)17-9-15-30(25)24(27(34)37)23-26(36)32(20-10-4-3-5-11-20)16-8-14-29(23,2)39-30/h3-15,19,23-25,35H,16-18H2,1-2H3/t19-,23-,24+,25?,29+,30+/m1/s1. The van der Waals surface area contributed by atoms with Crippen molar-refractivity contribution in [3.8, 4) is 0 Å². The van der Waals surface area contributed by atoms with E-state index in [0.29, 0.717) is 17.3 Å². The zero-order chi connectivity index (χ0) is 27.5. The quantitative estimate of drug-likeness (QED) is 0.594. The Bertz CT molecular complexity index is 1400. The van der Waals surface area contributed by atoms with Crippen LogP contribution in [0.15, 0.2) is 78.9 Å². The number of aliphatic hydroxyl groups excluding tert-OH is 1. The fraction of sp³-hybridized carbons (Fsp3) is 0.367. The first-order chi connectivity index (χ1) is 18.7. The summed E-state index contributed by atoms with van der Waals surface area (Å²) in [6, 6.07) is 14.6. The van der Waals surface area contributed by atoms with Crippen molar-refractivity contribution in [2.45, 2.75) is 37.1 Å². The molecule has 6 rings (SSSR count). The molecule has 2 aromatic carbocycles. The summed E-state index contributed by atoms with van der Waals surface area (Å²) in [4.78, 5) is 47.6. The molecular weight excluding hydrogens is 518 g/mol. The van der Waals surface area contributed by atoms with E-state index in [1.54, 1.807) is 47.1 Å². The Kier molecular flexibility index (Phi) is 6.17. The second kappa shape index (κ2) is 9.33. The van der Waals surface area contributed by atoms with E-state index in [1.807, 2.05) is 55.5 Å². The first-order valence-electron chi connectivity index (χ1n) is 13.1. The number of likely N-dealkylation sites (tertiary alicyclic amines) is 1. The highest BCUT2D eigenvalue weighted by Crippen LogP contribution is 2.58. The summed E-state index contributed by atoms with van der Waals surface area (Å²) >= 11 is 6.49. The van der Waals surface area contributed by atoms with E-state index in [4.69, 9.17) is 16.3 Å². The highest BCUT2D eigenvalue weighted by Gasteiger charge is 2.75. The van der Waals surface area contributed by atoms with Gasteiger partial charge < -0.3 is 24.5 Å². The summed E-state index contributed by atoms with van der Waals surface area (Å²) in [5.41, 5.74) is -1.30. The molecule has 8 nitrogen and oxygen atoms in total. The van der Waals surface area contributed by atoms with Crippen LogP contribution in [0, 0.1) is 11.8 Å². The largest absolute Gasteiger partial charge is 0.394 e. The van der Waals surface area contributed by atoms with Gasteiger partial charge in [-0.25, -0.2) is 0 Å². The zero-order valence-corrected chi connectivity index (χ0v) is 22.5. The normalized spacial score (nSPS) is 32.6. The molecule has 4 aliphatic heterocycles. The molecule has 2 saturated heterocycles. The van der Waals surface area contributed by atoms with Crippen molar-refractivity contribution in [3.05, 3.63) is 83.9 Å². The van der Waals surface area contributed by atoms with Crippen LogP contribution in [0.3, 0.4) is 0 Å². The maximum atomic E-state index is 14.4. The summed E-state index contributed by atoms with van der Waals surface area (Å²) in [7, 11) is 0. The van der Waals surface area contributed by atoms with E-state index in [-0.39, 0.29) is 30.9 Å². The van der Waals surface area contributed by atoms with Crippen molar-refractivity contribution in [2.75, 3.05) is 29.5 Å². The van der Waals surface area contributed by atoms with Crippen LogP contribution in [-0.4, -0.2) is 70.7 Å². The van der Waals surface area contributed by atoms with Crippen molar-refractivity contribution in [1.82, 2.24) is 4.90 Å². The Morgan fingerprint density at radius 1 is 0.923 bits per heavy atom. The predicted octanol–water partition coefficient (Wildman–Crippen LogP) is 3.20. The van der Waals surface area contributed by atoms with Gasteiger partial charge in [0.05, 0.1) is 40.8 Å². The highest BCUT2D eigenvalue weighted by molar-refractivity contribution is 6.34. The molecule has 0 aromatic heterocycles. The molecule has 1 unspecified atom stereocenters. The van der Waals surface area contributed by atoms with E-state index in [1.165, 1.54) is 4.90 Å².